The van der Waals surface area contributed by atoms with E-state index in [4.69, 9.17) is 4.74 Å². The van der Waals surface area contributed by atoms with E-state index < -0.39 is 16.8 Å². The van der Waals surface area contributed by atoms with E-state index in [1.54, 1.807) is 42.5 Å². The molecule has 0 aliphatic carbocycles. The number of rotatable bonds is 7. The van der Waals surface area contributed by atoms with Crippen LogP contribution in [0.2, 0.25) is 0 Å². The zero-order chi connectivity index (χ0) is 23.3. The number of esters is 1. The van der Waals surface area contributed by atoms with Crippen molar-refractivity contribution in [2.75, 3.05) is 0 Å². The molecule has 1 amide bonds. The molecule has 10 heteroatoms. The van der Waals surface area contributed by atoms with Gasteiger partial charge in [0.25, 0.3) is 5.91 Å². The van der Waals surface area contributed by atoms with Crippen LogP contribution in [0.1, 0.15) is 32.9 Å². The number of benzene rings is 2. The summed E-state index contributed by atoms with van der Waals surface area (Å²) in [5.41, 5.74) is 4.57. The molecule has 0 bridgehead atoms. The van der Waals surface area contributed by atoms with Gasteiger partial charge in [-0.05, 0) is 45.0 Å². The third kappa shape index (κ3) is 5.22. The zero-order valence-electron chi connectivity index (χ0n) is 17.7. The third-order valence-corrected chi connectivity index (χ3v) is 4.59. The Hall–Kier alpha value is -4.34. The van der Waals surface area contributed by atoms with Gasteiger partial charge in [0.2, 0.25) is 0 Å². The van der Waals surface area contributed by atoms with Gasteiger partial charge in [0, 0.05) is 5.56 Å². The Labute approximate surface area is 183 Å². The van der Waals surface area contributed by atoms with Crippen LogP contribution in [-0.2, 0) is 11.3 Å². The van der Waals surface area contributed by atoms with Gasteiger partial charge in [-0.3, -0.25) is 19.6 Å². The number of para-hydroxylation sites is 1. The number of carbonyl (C=O) groups is 2. The fourth-order valence-corrected chi connectivity index (χ4v) is 3.06. The van der Waals surface area contributed by atoms with Crippen molar-refractivity contribution >= 4 is 23.8 Å². The topological polar surface area (TPSA) is 129 Å². The third-order valence-electron chi connectivity index (χ3n) is 4.59. The fraction of sp³-hybridized carbons (Fsp3) is 0.182. The van der Waals surface area contributed by atoms with Gasteiger partial charge in [-0.25, -0.2) is 10.2 Å². The standard InChI is InChI=1S/C22H21N5O5/c1-14-7-6-9-17(11-14)22(29)32-19-10-5-4-8-18(19)12-23-24-20(28)13-26-16(3)21(27(30)31)15(2)25-26/h4-12H,13H2,1-3H3,(H,24,28)/b23-12+. The normalized spacial score (nSPS) is 10.8. The Balaban J connectivity index is 1.66. The Morgan fingerprint density at radius 2 is 1.94 bits per heavy atom. The molecule has 0 atom stereocenters. The Bertz CT molecular complexity index is 1220. The Morgan fingerprint density at radius 1 is 1.19 bits per heavy atom. The second-order valence-electron chi connectivity index (χ2n) is 7.02. The van der Waals surface area contributed by atoms with Crippen LogP contribution >= 0.6 is 0 Å². The molecule has 164 valence electrons. The maximum absolute atomic E-state index is 12.4. The first-order chi connectivity index (χ1) is 15.3. The number of aryl methyl sites for hydroxylation is 2. The summed E-state index contributed by atoms with van der Waals surface area (Å²) in [5, 5.41) is 19.0. The SMILES string of the molecule is Cc1cccc(C(=O)Oc2ccccc2/C=N/NC(=O)Cn2nc(C)c([N+](=O)[O-])c2C)c1. The summed E-state index contributed by atoms with van der Waals surface area (Å²) in [6, 6.07) is 13.8. The molecule has 0 fully saturated rings. The highest BCUT2D eigenvalue weighted by Crippen LogP contribution is 2.21. The van der Waals surface area contributed by atoms with Gasteiger partial charge in [-0.15, -0.1) is 0 Å². The molecule has 0 saturated carbocycles. The maximum atomic E-state index is 12.4. The zero-order valence-corrected chi connectivity index (χ0v) is 17.7. The average Bonchev–Trinajstić information content (AvgIpc) is 3.02. The first kappa shape index (κ1) is 22.3. The van der Waals surface area contributed by atoms with Crippen molar-refractivity contribution in [1.82, 2.24) is 15.2 Å². The summed E-state index contributed by atoms with van der Waals surface area (Å²) in [6.07, 6.45) is 1.35. The number of nitrogens with zero attached hydrogens (tertiary/aromatic N) is 4. The highest BCUT2D eigenvalue weighted by atomic mass is 16.6. The molecule has 0 unspecified atom stereocenters. The van der Waals surface area contributed by atoms with Crippen LogP contribution < -0.4 is 10.2 Å². The number of amides is 1. The number of hydrogen-bond donors (Lipinski definition) is 1. The van der Waals surface area contributed by atoms with Crippen LogP contribution in [0.4, 0.5) is 5.69 Å². The number of nitrogens with one attached hydrogen (secondary N) is 1. The van der Waals surface area contributed by atoms with Crippen LogP contribution in [0.15, 0.2) is 53.6 Å². The van der Waals surface area contributed by atoms with Crippen LogP contribution in [0.3, 0.4) is 0 Å². The van der Waals surface area contributed by atoms with E-state index in [0.29, 0.717) is 11.1 Å². The van der Waals surface area contributed by atoms with Gasteiger partial charge in [-0.2, -0.15) is 10.2 Å². The quantitative estimate of drug-likeness (QED) is 0.200. The number of ether oxygens (including phenoxy) is 1. The van der Waals surface area contributed by atoms with Crippen LogP contribution in [0.25, 0.3) is 0 Å². The summed E-state index contributed by atoms with van der Waals surface area (Å²) >= 11 is 0. The minimum absolute atomic E-state index is 0.120. The van der Waals surface area contributed by atoms with E-state index in [1.165, 1.54) is 24.7 Å². The maximum Gasteiger partial charge on any atom is 0.343 e. The highest BCUT2D eigenvalue weighted by Gasteiger charge is 2.22. The monoisotopic (exact) mass is 435 g/mol. The number of hydrazone groups is 1. The molecule has 3 rings (SSSR count). The van der Waals surface area contributed by atoms with Gasteiger partial charge in [-0.1, -0.05) is 29.8 Å². The predicted octanol–water partition coefficient (Wildman–Crippen LogP) is 3.09. The van der Waals surface area contributed by atoms with E-state index in [1.807, 2.05) is 13.0 Å². The lowest BCUT2D eigenvalue weighted by molar-refractivity contribution is -0.386. The lowest BCUT2D eigenvalue weighted by Gasteiger charge is -2.08. The van der Waals surface area contributed by atoms with Gasteiger partial charge < -0.3 is 4.74 Å². The summed E-state index contributed by atoms with van der Waals surface area (Å²) in [4.78, 5) is 35.2. The fourth-order valence-electron chi connectivity index (χ4n) is 3.06. The first-order valence-corrected chi connectivity index (χ1v) is 9.64. The summed E-state index contributed by atoms with van der Waals surface area (Å²) in [6.45, 7) is 4.67. The lowest BCUT2D eigenvalue weighted by Crippen LogP contribution is -2.24. The molecular formula is C22H21N5O5. The Kier molecular flexibility index (Phi) is 6.74. The van der Waals surface area contributed by atoms with Gasteiger partial charge in [0.1, 0.15) is 23.7 Å². The van der Waals surface area contributed by atoms with Crippen molar-refractivity contribution < 1.29 is 19.2 Å². The van der Waals surface area contributed by atoms with Gasteiger partial charge in [0.15, 0.2) is 0 Å². The van der Waals surface area contributed by atoms with Crippen molar-refractivity contribution in [1.29, 1.82) is 0 Å². The second-order valence-corrected chi connectivity index (χ2v) is 7.02. The number of hydrogen-bond acceptors (Lipinski definition) is 7. The minimum Gasteiger partial charge on any atom is -0.422 e. The number of aromatic nitrogens is 2. The van der Waals surface area contributed by atoms with E-state index in [9.17, 15) is 19.7 Å². The lowest BCUT2D eigenvalue weighted by atomic mass is 10.1. The molecule has 32 heavy (non-hydrogen) atoms. The Morgan fingerprint density at radius 3 is 2.62 bits per heavy atom. The molecule has 2 aromatic carbocycles. The van der Waals surface area contributed by atoms with Crippen LogP contribution in [-0.4, -0.2) is 32.8 Å². The van der Waals surface area contributed by atoms with Crippen LogP contribution in [0.5, 0.6) is 5.75 Å². The predicted molar refractivity (Wildman–Crippen MR) is 117 cm³/mol. The average molecular weight is 435 g/mol. The van der Waals surface area contributed by atoms with Crippen molar-refractivity contribution in [2.24, 2.45) is 5.10 Å². The van der Waals surface area contributed by atoms with Crippen molar-refractivity contribution in [3.05, 3.63) is 86.7 Å². The molecule has 0 saturated heterocycles. The second kappa shape index (κ2) is 9.65. The number of carbonyl (C=O) groups excluding carboxylic acids is 2. The van der Waals surface area contributed by atoms with Crippen molar-refractivity contribution in [3.63, 3.8) is 0 Å². The highest BCUT2D eigenvalue weighted by molar-refractivity contribution is 5.93. The largest absolute Gasteiger partial charge is 0.422 e. The molecule has 1 N–H and O–H groups in total. The molecule has 1 heterocycles. The molecule has 3 aromatic rings. The molecule has 1 aromatic heterocycles. The molecule has 0 aliphatic heterocycles. The van der Waals surface area contributed by atoms with Crippen LogP contribution in [0, 0.1) is 30.9 Å². The first-order valence-electron chi connectivity index (χ1n) is 9.64. The summed E-state index contributed by atoms with van der Waals surface area (Å²) < 4.78 is 6.72. The van der Waals surface area contributed by atoms with Crippen molar-refractivity contribution in [2.45, 2.75) is 27.3 Å². The summed E-state index contributed by atoms with van der Waals surface area (Å²) in [5.74, 6) is -0.744. The van der Waals surface area contributed by atoms with E-state index in [-0.39, 0.29) is 29.4 Å². The van der Waals surface area contributed by atoms with E-state index in [0.717, 1.165) is 5.56 Å². The molecule has 0 aliphatic rings. The molecule has 10 nitrogen and oxygen atoms in total. The van der Waals surface area contributed by atoms with Gasteiger partial charge >= 0.3 is 11.7 Å². The van der Waals surface area contributed by atoms with Crippen molar-refractivity contribution in [3.8, 4) is 5.75 Å². The van der Waals surface area contributed by atoms with E-state index >= 15 is 0 Å². The smallest absolute Gasteiger partial charge is 0.343 e. The molecule has 0 radical (unpaired) electrons. The minimum atomic E-state index is -0.529. The molecule has 0 spiro atoms. The summed E-state index contributed by atoms with van der Waals surface area (Å²) in [7, 11) is 0. The number of nitro groups is 1. The van der Waals surface area contributed by atoms with Gasteiger partial charge in [0.05, 0.1) is 16.7 Å². The van der Waals surface area contributed by atoms with E-state index in [2.05, 4.69) is 15.6 Å². The molecular weight excluding hydrogens is 414 g/mol.